The lowest BCUT2D eigenvalue weighted by Crippen LogP contribution is -2.53. The van der Waals surface area contributed by atoms with Gasteiger partial charge >= 0.3 is 5.97 Å². The van der Waals surface area contributed by atoms with Crippen LogP contribution < -0.4 is 4.90 Å². The molecule has 3 aromatic carbocycles. The van der Waals surface area contributed by atoms with E-state index < -0.39 is 0 Å². The number of nitrogens with zero attached hydrogens (tertiary/aromatic N) is 2. The van der Waals surface area contributed by atoms with Crippen LogP contribution in [-0.2, 0) is 4.74 Å². The molecule has 0 radical (unpaired) electrons. The maximum atomic E-state index is 12.5. The fourth-order valence-electron chi connectivity index (χ4n) is 3.40. The number of hydrogen-bond donors (Lipinski definition) is 0. The van der Waals surface area contributed by atoms with Crippen LogP contribution in [0.25, 0.3) is 10.2 Å². The van der Waals surface area contributed by atoms with Crippen LogP contribution >= 0.6 is 11.3 Å². The van der Waals surface area contributed by atoms with Crippen molar-refractivity contribution in [1.82, 2.24) is 4.98 Å². The molecule has 0 unspecified atom stereocenters. The minimum atomic E-state index is -0.373. The smallest absolute Gasteiger partial charge is 0.338 e. The molecule has 0 bridgehead atoms. The molecule has 0 N–H and O–H groups in total. The van der Waals surface area contributed by atoms with E-state index in [4.69, 9.17) is 4.74 Å². The van der Waals surface area contributed by atoms with Crippen LogP contribution in [0, 0.1) is 0 Å². The number of esters is 1. The van der Waals surface area contributed by atoms with E-state index in [1.807, 2.05) is 36.4 Å². The summed E-state index contributed by atoms with van der Waals surface area (Å²) in [6, 6.07) is 23.7. The van der Waals surface area contributed by atoms with E-state index in [1.54, 1.807) is 47.7 Å². The van der Waals surface area contributed by atoms with Gasteiger partial charge in [-0.3, -0.25) is 4.79 Å². The number of rotatable bonds is 5. The monoisotopic (exact) mass is 414 g/mol. The molecule has 5 nitrogen and oxygen atoms in total. The lowest BCUT2D eigenvalue weighted by molar-refractivity contribution is 0.0234. The Labute approximate surface area is 177 Å². The maximum absolute atomic E-state index is 12.5. The van der Waals surface area contributed by atoms with Gasteiger partial charge in [-0.05, 0) is 24.3 Å². The van der Waals surface area contributed by atoms with Gasteiger partial charge in [0.2, 0.25) is 0 Å². The number of hydrogen-bond acceptors (Lipinski definition) is 6. The third-order valence-corrected chi connectivity index (χ3v) is 6.19. The average molecular weight is 414 g/mol. The zero-order chi connectivity index (χ0) is 20.5. The highest BCUT2D eigenvalue weighted by Crippen LogP contribution is 2.31. The van der Waals surface area contributed by atoms with Crippen LogP contribution in [0.5, 0.6) is 0 Å². The van der Waals surface area contributed by atoms with Gasteiger partial charge in [0.15, 0.2) is 10.9 Å². The number of ketones is 1. The molecule has 0 spiro atoms. The van der Waals surface area contributed by atoms with Gasteiger partial charge in [-0.25, -0.2) is 9.78 Å². The first-order valence-electron chi connectivity index (χ1n) is 9.69. The predicted molar refractivity (Wildman–Crippen MR) is 117 cm³/mol. The molecule has 30 heavy (non-hydrogen) atoms. The highest BCUT2D eigenvalue weighted by Gasteiger charge is 2.32. The zero-order valence-corrected chi connectivity index (χ0v) is 16.8. The Balaban J connectivity index is 1.19. The molecule has 0 saturated carbocycles. The van der Waals surface area contributed by atoms with Gasteiger partial charge in [-0.15, -0.1) is 0 Å². The number of benzene rings is 3. The zero-order valence-electron chi connectivity index (χ0n) is 16.0. The number of fused-ring (bicyclic) bond motifs is 1. The van der Waals surface area contributed by atoms with Gasteiger partial charge in [0, 0.05) is 11.1 Å². The first kappa shape index (κ1) is 18.5. The van der Waals surface area contributed by atoms with Gasteiger partial charge in [0.05, 0.1) is 28.9 Å². The number of ether oxygens (including phenoxy) is 1. The highest BCUT2D eigenvalue weighted by atomic mass is 32.1. The number of anilines is 1. The van der Waals surface area contributed by atoms with Crippen LogP contribution in [-0.4, -0.2) is 35.9 Å². The van der Waals surface area contributed by atoms with Crippen LogP contribution in [0.4, 0.5) is 5.13 Å². The van der Waals surface area contributed by atoms with Crippen LogP contribution in [0.2, 0.25) is 0 Å². The number of thiazole rings is 1. The van der Waals surface area contributed by atoms with Crippen molar-refractivity contribution < 1.29 is 14.3 Å². The van der Waals surface area contributed by atoms with Crippen molar-refractivity contribution >= 4 is 38.4 Å². The summed E-state index contributed by atoms with van der Waals surface area (Å²) in [5.41, 5.74) is 2.60. The second-order valence-corrected chi connectivity index (χ2v) is 8.18. The van der Waals surface area contributed by atoms with Gasteiger partial charge in [0.25, 0.3) is 0 Å². The van der Waals surface area contributed by atoms with E-state index in [0.717, 1.165) is 15.3 Å². The lowest BCUT2D eigenvalue weighted by Gasteiger charge is -2.38. The second-order valence-electron chi connectivity index (χ2n) is 7.17. The minimum absolute atomic E-state index is 0.0685. The predicted octanol–water partition coefficient (Wildman–Crippen LogP) is 4.57. The Bertz CT molecular complexity index is 1180. The molecule has 1 aliphatic heterocycles. The number of carbonyl (C=O) groups is 2. The van der Waals surface area contributed by atoms with Gasteiger partial charge in [0.1, 0.15) is 6.10 Å². The molecular weight excluding hydrogens is 396 g/mol. The normalized spacial score (nSPS) is 13.8. The summed E-state index contributed by atoms with van der Waals surface area (Å²) in [6.07, 6.45) is -0.157. The molecule has 0 aliphatic carbocycles. The van der Waals surface area contributed by atoms with Crippen LogP contribution in [0.3, 0.4) is 0 Å². The van der Waals surface area contributed by atoms with E-state index in [9.17, 15) is 9.59 Å². The summed E-state index contributed by atoms with van der Waals surface area (Å²) in [5.74, 6) is -0.441. The largest absolute Gasteiger partial charge is 0.455 e. The molecule has 0 atom stereocenters. The van der Waals surface area contributed by atoms with Crippen molar-refractivity contribution in [2.45, 2.75) is 6.10 Å². The number of aromatic nitrogens is 1. The molecule has 1 aliphatic rings. The summed E-state index contributed by atoms with van der Waals surface area (Å²) >= 11 is 1.64. The SMILES string of the molecule is O=C(OC1CN(c2nc3ccccc3s2)C1)c1ccc(C(=O)c2ccccc2)cc1. The van der Waals surface area contributed by atoms with E-state index in [0.29, 0.717) is 29.8 Å². The molecule has 5 rings (SSSR count). The Kier molecular flexibility index (Phi) is 4.77. The standard InChI is InChI=1S/C24H18N2O3S/c27-22(16-6-2-1-3-7-16)17-10-12-18(13-11-17)23(28)29-19-14-26(15-19)24-25-20-8-4-5-9-21(20)30-24/h1-13,19H,14-15H2. The Morgan fingerprint density at radius 3 is 2.20 bits per heavy atom. The second kappa shape index (κ2) is 7.72. The average Bonchev–Trinajstić information content (AvgIpc) is 3.19. The third kappa shape index (κ3) is 3.57. The summed E-state index contributed by atoms with van der Waals surface area (Å²) in [4.78, 5) is 31.7. The molecule has 6 heteroatoms. The van der Waals surface area contributed by atoms with Gasteiger partial charge in [-0.1, -0.05) is 65.9 Å². The summed E-state index contributed by atoms with van der Waals surface area (Å²) < 4.78 is 6.75. The molecule has 4 aromatic rings. The van der Waals surface area contributed by atoms with Gasteiger partial charge in [-0.2, -0.15) is 0 Å². The molecule has 2 heterocycles. The summed E-state index contributed by atoms with van der Waals surface area (Å²) in [7, 11) is 0. The fraction of sp³-hybridized carbons (Fsp3) is 0.125. The van der Waals surface area contributed by atoms with E-state index in [2.05, 4.69) is 16.0 Å². The number of carbonyl (C=O) groups excluding carboxylic acids is 2. The maximum Gasteiger partial charge on any atom is 0.338 e. The van der Waals surface area contributed by atoms with E-state index in [1.165, 1.54) is 0 Å². The van der Waals surface area contributed by atoms with E-state index in [-0.39, 0.29) is 17.9 Å². The minimum Gasteiger partial charge on any atom is -0.455 e. The number of para-hydroxylation sites is 1. The van der Waals surface area contributed by atoms with Crippen molar-refractivity contribution in [3.8, 4) is 0 Å². The van der Waals surface area contributed by atoms with Crippen LogP contribution in [0.15, 0.2) is 78.9 Å². The molecule has 0 amide bonds. The van der Waals surface area contributed by atoms with Crippen molar-refractivity contribution in [2.75, 3.05) is 18.0 Å². The fourth-order valence-corrected chi connectivity index (χ4v) is 4.38. The quantitative estimate of drug-likeness (QED) is 0.354. The molecule has 1 saturated heterocycles. The lowest BCUT2D eigenvalue weighted by atomic mass is 10.0. The molecule has 1 aromatic heterocycles. The molecule has 1 fully saturated rings. The molecular formula is C24H18N2O3S. The summed E-state index contributed by atoms with van der Waals surface area (Å²) in [6.45, 7) is 1.27. The van der Waals surface area contributed by atoms with E-state index >= 15 is 0 Å². The van der Waals surface area contributed by atoms with Crippen molar-refractivity contribution in [3.05, 3.63) is 95.6 Å². The third-order valence-electron chi connectivity index (χ3n) is 5.09. The summed E-state index contributed by atoms with van der Waals surface area (Å²) in [5, 5.41) is 0.951. The Hall–Kier alpha value is -3.51. The highest BCUT2D eigenvalue weighted by molar-refractivity contribution is 7.22. The topological polar surface area (TPSA) is 59.5 Å². The van der Waals surface area contributed by atoms with Crippen molar-refractivity contribution in [1.29, 1.82) is 0 Å². The first-order valence-corrected chi connectivity index (χ1v) is 10.5. The Morgan fingerprint density at radius 1 is 0.833 bits per heavy atom. The van der Waals surface area contributed by atoms with Crippen molar-refractivity contribution in [2.24, 2.45) is 0 Å². The first-order chi connectivity index (χ1) is 14.7. The Morgan fingerprint density at radius 2 is 1.47 bits per heavy atom. The van der Waals surface area contributed by atoms with Crippen molar-refractivity contribution in [3.63, 3.8) is 0 Å². The molecule has 148 valence electrons. The van der Waals surface area contributed by atoms with Gasteiger partial charge < -0.3 is 9.64 Å². The van der Waals surface area contributed by atoms with Crippen LogP contribution in [0.1, 0.15) is 26.3 Å².